The summed E-state index contributed by atoms with van der Waals surface area (Å²) < 4.78 is 60.0. The third-order valence-electron chi connectivity index (χ3n) is 4.27. The number of carbonyl (C=O) groups is 2. The van der Waals surface area contributed by atoms with E-state index in [1.54, 1.807) is 27.7 Å². The number of benzene rings is 1. The molecule has 0 unspecified atom stereocenters. The first kappa shape index (κ1) is 32.1. The largest absolute Gasteiger partial charge is 0.412 e. The predicted molar refractivity (Wildman–Crippen MR) is 136 cm³/mol. The van der Waals surface area contributed by atoms with E-state index in [1.165, 1.54) is 0 Å². The maximum atomic E-state index is 13.7. The van der Waals surface area contributed by atoms with Gasteiger partial charge in [0.25, 0.3) is 0 Å². The lowest BCUT2D eigenvalue weighted by molar-refractivity contribution is 0.197. The van der Waals surface area contributed by atoms with Gasteiger partial charge in [0.15, 0.2) is 0 Å². The fourth-order valence-electron chi connectivity index (χ4n) is 2.89. The van der Waals surface area contributed by atoms with Crippen LogP contribution in [0.1, 0.15) is 54.4 Å². The van der Waals surface area contributed by atoms with Gasteiger partial charge < -0.3 is 38.2 Å². The molecule has 0 atom stereocenters. The maximum absolute atomic E-state index is 13.7. The van der Waals surface area contributed by atoms with Crippen molar-refractivity contribution in [2.75, 3.05) is 39.5 Å². The van der Waals surface area contributed by atoms with Crippen LogP contribution in [0, 0.1) is 0 Å². The Balaban J connectivity index is 3.88. The molecule has 0 aliphatic heterocycles. The van der Waals surface area contributed by atoms with Gasteiger partial charge in [-0.15, -0.1) is 0 Å². The Kier molecular flexibility index (Phi) is 14.3. The summed E-state index contributed by atoms with van der Waals surface area (Å²) in [6, 6.07) is 2.28. The second kappa shape index (κ2) is 16.0. The SMILES string of the molecule is CCCNC(=O)Oc1cc(P(=O)(OCC)OCC)c(OC(=O)NCCC)cc1P(=O)(OCC)OCC. The first-order valence-electron chi connectivity index (χ1n) is 12.0. The minimum Gasteiger partial charge on any atom is -0.409 e. The minimum atomic E-state index is -4.07. The van der Waals surface area contributed by atoms with Crippen LogP contribution in [0.2, 0.25) is 0 Å². The van der Waals surface area contributed by atoms with Gasteiger partial charge in [-0.1, -0.05) is 13.8 Å². The molecule has 0 aliphatic rings. The lowest BCUT2D eigenvalue weighted by atomic mass is 10.3. The Bertz CT molecular complexity index is 861. The molecular weight excluding hydrogens is 514 g/mol. The van der Waals surface area contributed by atoms with Crippen molar-refractivity contribution in [1.82, 2.24) is 10.6 Å². The van der Waals surface area contributed by atoms with Gasteiger partial charge in [0, 0.05) is 25.2 Å². The minimum absolute atomic E-state index is 0.00403. The summed E-state index contributed by atoms with van der Waals surface area (Å²) in [4.78, 5) is 24.9. The number of ether oxygens (including phenoxy) is 2. The zero-order valence-electron chi connectivity index (χ0n) is 21.8. The summed E-state index contributed by atoms with van der Waals surface area (Å²) in [5.41, 5.74) is 0. The summed E-state index contributed by atoms with van der Waals surface area (Å²) in [5.74, 6) is -0.547. The van der Waals surface area contributed by atoms with E-state index in [0.29, 0.717) is 25.9 Å². The molecule has 12 nitrogen and oxygen atoms in total. The van der Waals surface area contributed by atoms with E-state index in [1.807, 2.05) is 13.8 Å². The van der Waals surface area contributed by atoms with Gasteiger partial charge in [0.05, 0.1) is 26.4 Å². The van der Waals surface area contributed by atoms with Gasteiger partial charge in [0.1, 0.15) is 22.1 Å². The Morgan fingerprint density at radius 2 is 0.944 bits per heavy atom. The van der Waals surface area contributed by atoms with Gasteiger partial charge >= 0.3 is 27.4 Å². The highest BCUT2D eigenvalue weighted by atomic mass is 31.2. The van der Waals surface area contributed by atoms with Crippen LogP contribution in [-0.2, 0) is 27.2 Å². The van der Waals surface area contributed by atoms with E-state index in [2.05, 4.69) is 10.6 Å². The highest BCUT2D eigenvalue weighted by Gasteiger charge is 2.38. The second-order valence-corrected chi connectivity index (χ2v) is 11.1. The lowest BCUT2D eigenvalue weighted by Gasteiger charge is -2.24. The Hall–Kier alpha value is -1.94. The molecule has 1 aromatic carbocycles. The van der Waals surface area contributed by atoms with E-state index in [9.17, 15) is 18.7 Å². The molecule has 1 rings (SSSR count). The van der Waals surface area contributed by atoms with Crippen molar-refractivity contribution in [2.45, 2.75) is 54.4 Å². The van der Waals surface area contributed by atoms with Crippen LogP contribution in [0.15, 0.2) is 12.1 Å². The van der Waals surface area contributed by atoms with Crippen molar-refractivity contribution in [3.8, 4) is 11.5 Å². The summed E-state index contributed by atoms with van der Waals surface area (Å²) in [5, 5.41) is 4.70. The normalized spacial score (nSPS) is 11.7. The zero-order chi connectivity index (χ0) is 27.2. The molecule has 2 amide bonds. The predicted octanol–water partition coefficient (Wildman–Crippen LogP) is 4.47. The van der Waals surface area contributed by atoms with Gasteiger partial charge in [-0.3, -0.25) is 9.13 Å². The van der Waals surface area contributed by atoms with E-state index in [4.69, 9.17) is 27.6 Å². The molecule has 0 aliphatic carbocycles. The van der Waals surface area contributed by atoms with Gasteiger partial charge in [-0.25, -0.2) is 9.59 Å². The molecule has 2 N–H and O–H groups in total. The van der Waals surface area contributed by atoms with Crippen LogP contribution in [-0.4, -0.2) is 51.7 Å². The van der Waals surface area contributed by atoms with E-state index >= 15 is 0 Å². The lowest BCUT2D eigenvalue weighted by Crippen LogP contribution is -2.32. The molecule has 0 fully saturated rings. The summed E-state index contributed by atoms with van der Waals surface area (Å²) >= 11 is 0. The maximum Gasteiger partial charge on any atom is 0.412 e. The molecular formula is C22H38N2O10P2. The molecule has 0 saturated carbocycles. The van der Waals surface area contributed by atoms with Crippen molar-refractivity contribution in [2.24, 2.45) is 0 Å². The molecule has 206 valence electrons. The summed E-state index contributed by atoms with van der Waals surface area (Å²) in [6.45, 7) is 10.8. The quantitative estimate of drug-likeness (QED) is 0.282. The van der Waals surface area contributed by atoms with Crippen LogP contribution < -0.4 is 30.7 Å². The molecule has 0 heterocycles. The molecule has 0 radical (unpaired) electrons. The number of rotatable bonds is 16. The highest BCUT2D eigenvalue weighted by molar-refractivity contribution is 7.63. The first-order valence-corrected chi connectivity index (χ1v) is 15.1. The molecule has 0 spiro atoms. The van der Waals surface area contributed by atoms with Crippen LogP contribution in [0.5, 0.6) is 11.5 Å². The smallest absolute Gasteiger partial charge is 0.409 e. The van der Waals surface area contributed by atoms with Crippen LogP contribution in [0.25, 0.3) is 0 Å². The summed E-state index contributed by atoms with van der Waals surface area (Å²) in [6.07, 6.45) is -0.401. The zero-order valence-corrected chi connectivity index (χ0v) is 23.6. The van der Waals surface area contributed by atoms with E-state index in [-0.39, 0.29) is 48.5 Å². The van der Waals surface area contributed by atoms with E-state index < -0.39 is 27.4 Å². The molecule has 0 saturated heterocycles. The van der Waals surface area contributed by atoms with Crippen LogP contribution in [0.4, 0.5) is 9.59 Å². The standard InChI is InChI=1S/C22H38N2O10P2/c1-7-13-23-21(25)33-17-15-20(36(28,31-11-5)32-12-6)18(34-22(26)24-14-8-2)16-19(17)35(27,29-9-3)30-10-4/h15-16H,7-14H2,1-6H3,(H,23,25)(H,24,26). The number of hydrogen-bond donors (Lipinski definition) is 2. The fourth-order valence-corrected chi connectivity index (χ4v) is 6.26. The number of nitrogens with one attached hydrogen (secondary N) is 2. The topological polar surface area (TPSA) is 148 Å². The van der Waals surface area contributed by atoms with Gasteiger partial charge in [-0.05, 0) is 40.5 Å². The fraction of sp³-hybridized carbons (Fsp3) is 0.636. The van der Waals surface area contributed by atoms with Gasteiger partial charge in [-0.2, -0.15) is 0 Å². The molecule has 36 heavy (non-hydrogen) atoms. The highest BCUT2D eigenvalue weighted by Crippen LogP contribution is 2.53. The van der Waals surface area contributed by atoms with Crippen LogP contribution >= 0.6 is 15.2 Å². The summed E-state index contributed by atoms with van der Waals surface area (Å²) in [7, 11) is -8.15. The third-order valence-corrected chi connectivity index (χ3v) is 8.54. The van der Waals surface area contributed by atoms with Crippen molar-refractivity contribution in [3.05, 3.63) is 12.1 Å². The first-order chi connectivity index (χ1) is 17.1. The molecule has 1 aromatic rings. The average Bonchev–Trinajstić information content (AvgIpc) is 2.82. The van der Waals surface area contributed by atoms with Crippen molar-refractivity contribution >= 4 is 38.0 Å². The van der Waals surface area contributed by atoms with Crippen molar-refractivity contribution in [3.63, 3.8) is 0 Å². The molecule has 0 bridgehead atoms. The van der Waals surface area contributed by atoms with Crippen molar-refractivity contribution < 1.29 is 46.3 Å². The monoisotopic (exact) mass is 552 g/mol. The van der Waals surface area contributed by atoms with Crippen LogP contribution in [0.3, 0.4) is 0 Å². The number of amides is 2. The van der Waals surface area contributed by atoms with Crippen molar-refractivity contribution in [1.29, 1.82) is 0 Å². The van der Waals surface area contributed by atoms with Gasteiger partial charge in [0.2, 0.25) is 0 Å². The Morgan fingerprint density at radius 1 is 0.639 bits per heavy atom. The number of hydrogen-bond acceptors (Lipinski definition) is 10. The molecule has 0 aromatic heterocycles. The second-order valence-electron chi connectivity index (χ2n) is 7.09. The molecule has 14 heteroatoms. The third kappa shape index (κ3) is 9.18. The average molecular weight is 552 g/mol. The Labute approximate surface area is 212 Å². The van der Waals surface area contributed by atoms with E-state index in [0.717, 1.165) is 12.1 Å². The number of carbonyl (C=O) groups excluding carboxylic acids is 2. The Morgan fingerprint density at radius 3 is 1.19 bits per heavy atom.